The largest absolute Gasteiger partial charge is 0.369 e. The van der Waals surface area contributed by atoms with E-state index in [1.54, 1.807) is 0 Å². The molecule has 1 heterocycles. The highest BCUT2D eigenvalue weighted by Crippen LogP contribution is 2.35. The third-order valence-corrected chi connectivity index (χ3v) is 7.91. The third-order valence-electron chi connectivity index (χ3n) is 7.91. The van der Waals surface area contributed by atoms with Crippen LogP contribution in [0.1, 0.15) is 84.3 Å². The molecule has 5 nitrogen and oxygen atoms in total. The molecule has 0 unspecified atom stereocenters. The maximum absolute atomic E-state index is 13.6. The van der Waals surface area contributed by atoms with Gasteiger partial charge in [0, 0.05) is 41.6 Å². The van der Waals surface area contributed by atoms with E-state index in [9.17, 15) is 9.59 Å². The van der Waals surface area contributed by atoms with Crippen LogP contribution in [0.4, 0.5) is 5.69 Å². The average Bonchev–Trinajstić information content (AvgIpc) is 2.90. The predicted molar refractivity (Wildman–Crippen MR) is 154 cm³/mol. The zero-order chi connectivity index (χ0) is 26.5. The number of aryl methyl sites for hydroxylation is 3. The molecule has 1 amide bonds. The molecule has 0 saturated heterocycles. The number of nitrogens with zero attached hydrogens (tertiary/aromatic N) is 1. The van der Waals surface area contributed by atoms with E-state index in [0.29, 0.717) is 17.2 Å². The van der Waals surface area contributed by atoms with E-state index in [0.717, 1.165) is 46.6 Å². The summed E-state index contributed by atoms with van der Waals surface area (Å²) in [5.74, 6) is -0.148. The zero-order valence-corrected chi connectivity index (χ0v) is 23.0. The van der Waals surface area contributed by atoms with E-state index < -0.39 is 0 Å². The van der Waals surface area contributed by atoms with Crippen LogP contribution in [0.5, 0.6) is 0 Å². The summed E-state index contributed by atoms with van der Waals surface area (Å²) in [6.45, 7) is 11.3. The molecule has 1 fully saturated rings. The summed E-state index contributed by atoms with van der Waals surface area (Å²) in [6.07, 6.45) is 7.21. The van der Waals surface area contributed by atoms with Gasteiger partial charge in [0.05, 0.1) is 0 Å². The van der Waals surface area contributed by atoms with Crippen molar-refractivity contribution in [3.63, 3.8) is 0 Å². The number of H-pyrrole nitrogens is 1. The Hall–Kier alpha value is -3.34. The van der Waals surface area contributed by atoms with Crippen molar-refractivity contribution in [3.8, 4) is 11.1 Å². The Bertz CT molecular complexity index is 1300. The zero-order valence-electron chi connectivity index (χ0n) is 23.0. The Morgan fingerprint density at radius 2 is 1.68 bits per heavy atom. The van der Waals surface area contributed by atoms with E-state index in [1.165, 1.54) is 37.7 Å². The number of anilines is 1. The van der Waals surface area contributed by atoms with Crippen molar-refractivity contribution in [1.29, 1.82) is 0 Å². The Kier molecular flexibility index (Phi) is 8.52. The van der Waals surface area contributed by atoms with Gasteiger partial charge in [0.1, 0.15) is 0 Å². The van der Waals surface area contributed by atoms with Gasteiger partial charge in [-0.3, -0.25) is 9.59 Å². The quantitative estimate of drug-likeness (QED) is 0.366. The molecule has 5 heteroatoms. The van der Waals surface area contributed by atoms with Gasteiger partial charge < -0.3 is 15.2 Å². The van der Waals surface area contributed by atoms with E-state index in [4.69, 9.17) is 0 Å². The van der Waals surface area contributed by atoms with Crippen molar-refractivity contribution < 1.29 is 4.79 Å². The topological polar surface area (TPSA) is 65.2 Å². The van der Waals surface area contributed by atoms with E-state index in [2.05, 4.69) is 66.3 Å². The minimum absolute atomic E-state index is 0.144. The molecule has 0 aliphatic heterocycles. The molecule has 4 rings (SSSR count). The van der Waals surface area contributed by atoms with Gasteiger partial charge >= 0.3 is 0 Å². The molecule has 0 bridgehead atoms. The summed E-state index contributed by atoms with van der Waals surface area (Å²) in [5, 5.41) is 3.04. The lowest BCUT2D eigenvalue weighted by atomic mass is 9.91. The van der Waals surface area contributed by atoms with Crippen LogP contribution < -0.4 is 15.8 Å². The summed E-state index contributed by atoms with van der Waals surface area (Å²) < 4.78 is 0. The fourth-order valence-electron chi connectivity index (χ4n) is 5.72. The SMILES string of the molecule is CCc1ccc(-c2cc(C(=O)NCc3c(C)cc(C)[nH]c3=O)c(C)c(N(CC)C3CCCCC3)c2)cc1. The molecule has 0 atom stereocenters. The molecule has 1 aliphatic carbocycles. The molecule has 1 aromatic heterocycles. The minimum Gasteiger partial charge on any atom is -0.369 e. The second-order valence-corrected chi connectivity index (χ2v) is 10.4. The van der Waals surface area contributed by atoms with Gasteiger partial charge in [0.25, 0.3) is 11.5 Å². The van der Waals surface area contributed by atoms with Gasteiger partial charge in [-0.15, -0.1) is 0 Å². The number of benzene rings is 2. The monoisotopic (exact) mass is 499 g/mol. The highest BCUT2D eigenvalue weighted by Gasteiger charge is 2.24. The fourth-order valence-corrected chi connectivity index (χ4v) is 5.72. The third kappa shape index (κ3) is 5.98. The maximum Gasteiger partial charge on any atom is 0.253 e. The normalized spacial score (nSPS) is 14.0. The van der Waals surface area contributed by atoms with Gasteiger partial charge in [0.15, 0.2) is 0 Å². The smallest absolute Gasteiger partial charge is 0.253 e. The number of pyridine rings is 1. The summed E-state index contributed by atoms with van der Waals surface area (Å²) >= 11 is 0. The average molecular weight is 500 g/mol. The number of hydrogen-bond donors (Lipinski definition) is 2. The van der Waals surface area contributed by atoms with E-state index in [-0.39, 0.29) is 18.0 Å². The number of rotatable bonds is 8. The summed E-state index contributed by atoms with van der Waals surface area (Å²) in [5.41, 5.74) is 8.42. The van der Waals surface area contributed by atoms with Gasteiger partial charge in [-0.2, -0.15) is 0 Å². The van der Waals surface area contributed by atoms with Crippen molar-refractivity contribution in [2.45, 2.75) is 85.7 Å². The van der Waals surface area contributed by atoms with Gasteiger partial charge in [-0.05, 0) is 93.0 Å². The second kappa shape index (κ2) is 11.8. The van der Waals surface area contributed by atoms with Crippen molar-refractivity contribution in [2.24, 2.45) is 0 Å². The molecule has 37 heavy (non-hydrogen) atoms. The van der Waals surface area contributed by atoms with Gasteiger partial charge in [0.2, 0.25) is 0 Å². The fraction of sp³-hybridized carbons (Fsp3) is 0.438. The summed E-state index contributed by atoms with van der Waals surface area (Å²) in [4.78, 5) is 31.5. The van der Waals surface area contributed by atoms with Crippen LogP contribution >= 0.6 is 0 Å². The Morgan fingerprint density at radius 1 is 0.973 bits per heavy atom. The molecule has 1 aliphatic rings. The van der Waals surface area contributed by atoms with Crippen molar-refractivity contribution in [3.05, 3.63) is 86.3 Å². The molecule has 196 valence electrons. The number of aromatic nitrogens is 1. The molecular weight excluding hydrogens is 458 g/mol. The standard InChI is InChI=1S/C32H41N3O2/c1-6-24-13-15-25(16-14-24)26-18-28(31(36)33-20-29-21(3)17-22(4)34-32(29)37)23(5)30(19-26)35(7-2)27-11-9-8-10-12-27/h13-19,27H,6-12,20H2,1-5H3,(H,33,36)(H,34,37). The second-order valence-electron chi connectivity index (χ2n) is 10.4. The van der Waals surface area contributed by atoms with Crippen LogP contribution in [0.2, 0.25) is 0 Å². The lowest BCUT2D eigenvalue weighted by molar-refractivity contribution is 0.0950. The Balaban J connectivity index is 1.73. The lowest BCUT2D eigenvalue weighted by Gasteiger charge is -2.37. The molecule has 2 N–H and O–H groups in total. The molecule has 3 aromatic rings. The number of aromatic amines is 1. The highest BCUT2D eigenvalue weighted by atomic mass is 16.1. The minimum atomic E-state index is -0.148. The predicted octanol–water partition coefficient (Wildman–Crippen LogP) is 6.62. The molecule has 1 saturated carbocycles. The number of carbonyl (C=O) groups excluding carboxylic acids is 1. The van der Waals surface area contributed by atoms with Crippen LogP contribution in [-0.2, 0) is 13.0 Å². The highest BCUT2D eigenvalue weighted by molar-refractivity contribution is 5.99. The Labute approximate surface area is 221 Å². The van der Waals surface area contributed by atoms with E-state index in [1.807, 2.05) is 26.0 Å². The van der Waals surface area contributed by atoms with Crippen LogP contribution in [-0.4, -0.2) is 23.5 Å². The molecular formula is C32H41N3O2. The number of amides is 1. The molecule has 0 spiro atoms. The summed E-state index contributed by atoms with van der Waals surface area (Å²) in [6, 6.07) is 15.4. The van der Waals surface area contributed by atoms with Crippen molar-refractivity contribution in [2.75, 3.05) is 11.4 Å². The first-order valence-corrected chi connectivity index (χ1v) is 13.8. The Morgan fingerprint density at radius 3 is 2.30 bits per heavy atom. The number of carbonyl (C=O) groups is 1. The van der Waals surface area contributed by atoms with Crippen LogP contribution in [0.25, 0.3) is 11.1 Å². The van der Waals surface area contributed by atoms with Gasteiger partial charge in [-0.25, -0.2) is 0 Å². The molecule has 0 radical (unpaired) electrons. The lowest BCUT2D eigenvalue weighted by Crippen LogP contribution is -2.37. The van der Waals surface area contributed by atoms with Crippen LogP contribution in [0.3, 0.4) is 0 Å². The van der Waals surface area contributed by atoms with Crippen molar-refractivity contribution >= 4 is 11.6 Å². The number of hydrogen-bond acceptors (Lipinski definition) is 3. The molecule has 2 aromatic carbocycles. The first kappa shape index (κ1) is 26.7. The van der Waals surface area contributed by atoms with Gasteiger partial charge in [-0.1, -0.05) is 50.5 Å². The van der Waals surface area contributed by atoms with Crippen molar-refractivity contribution in [1.82, 2.24) is 10.3 Å². The first-order chi connectivity index (χ1) is 17.8. The number of nitrogens with one attached hydrogen (secondary N) is 2. The summed E-state index contributed by atoms with van der Waals surface area (Å²) in [7, 11) is 0. The van der Waals surface area contributed by atoms with Crippen LogP contribution in [0.15, 0.2) is 47.3 Å². The van der Waals surface area contributed by atoms with Crippen LogP contribution in [0, 0.1) is 20.8 Å². The first-order valence-electron chi connectivity index (χ1n) is 13.8. The maximum atomic E-state index is 13.6. The van der Waals surface area contributed by atoms with E-state index >= 15 is 0 Å².